The molecule has 3 heteroatoms. The van der Waals surface area contributed by atoms with Crippen LogP contribution >= 0.6 is 0 Å². The highest BCUT2D eigenvalue weighted by Gasteiger charge is 2.23. The second-order valence-corrected chi connectivity index (χ2v) is 6.83. The average molecular weight is 267 g/mol. The Labute approximate surface area is 117 Å². The Kier molecular flexibility index (Phi) is 5.68. The first kappa shape index (κ1) is 14.8. The van der Waals surface area contributed by atoms with E-state index in [9.17, 15) is 9.90 Å². The lowest BCUT2D eigenvalue weighted by atomic mass is 9.80. The Bertz CT molecular complexity index is 292. The van der Waals surface area contributed by atoms with E-state index in [2.05, 4.69) is 12.2 Å². The Hall–Kier alpha value is -0.570. The molecule has 2 aliphatic carbocycles. The molecule has 2 N–H and O–H groups in total. The fraction of sp³-hybridized carbons (Fsp3) is 0.938. The van der Waals surface area contributed by atoms with Crippen LogP contribution < -0.4 is 5.32 Å². The van der Waals surface area contributed by atoms with Gasteiger partial charge in [0.05, 0.1) is 6.10 Å². The summed E-state index contributed by atoms with van der Waals surface area (Å²) in [5.74, 6) is 2.10. The molecule has 4 unspecified atom stereocenters. The van der Waals surface area contributed by atoms with Gasteiger partial charge in [-0.15, -0.1) is 0 Å². The predicted molar refractivity (Wildman–Crippen MR) is 76.7 cm³/mol. The van der Waals surface area contributed by atoms with Gasteiger partial charge in [-0.1, -0.05) is 26.2 Å². The molecule has 2 rings (SSSR count). The SMILES string of the molecule is CC1CCCC(CC(=O)NCC2CCCC(O)C2)C1. The minimum atomic E-state index is -0.144. The normalized spacial score (nSPS) is 35.9. The molecule has 0 aromatic rings. The van der Waals surface area contributed by atoms with Crippen LogP contribution in [0.4, 0.5) is 0 Å². The molecule has 19 heavy (non-hydrogen) atoms. The van der Waals surface area contributed by atoms with E-state index in [1.807, 2.05) is 0 Å². The summed E-state index contributed by atoms with van der Waals surface area (Å²) in [5.41, 5.74) is 0. The molecule has 0 aliphatic heterocycles. The van der Waals surface area contributed by atoms with Gasteiger partial charge in [-0.2, -0.15) is 0 Å². The number of aliphatic hydroxyl groups excluding tert-OH is 1. The number of amides is 1. The van der Waals surface area contributed by atoms with Gasteiger partial charge in [0.15, 0.2) is 0 Å². The minimum absolute atomic E-state index is 0.144. The van der Waals surface area contributed by atoms with Crippen LogP contribution in [-0.4, -0.2) is 23.7 Å². The Balaban J connectivity index is 1.63. The largest absolute Gasteiger partial charge is 0.393 e. The molecule has 0 bridgehead atoms. The summed E-state index contributed by atoms with van der Waals surface area (Å²) in [6, 6.07) is 0. The first-order chi connectivity index (χ1) is 9.13. The van der Waals surface area contributed by atoms with Crippen LogP contribution in [0.15, 0.2) is 0 Å². The molecule has 0 aromatic heterocycles. The minimum Gasteiger partial charge on any atom is -0.393 e. The van der Waals surface area contributed by atoms with Crippen LogP contribution in [0.2, 0.25) is 0 Å². The number of aliphatic hydroxyl groups is 1. The predicted octanol–water partition coefficient (Wildman–Crippen LogP) is 2.87. The summed E-state index contributed by atoms with van der Waals surface area (Å²) >= 11 is 0. The molecule has 0 radical (unpaired) electrons. The summed E-state index contributed by atoms with van der Waals surface area (Å²) in [6.45, 7) is 3.06. The Morgan fingerprint density at radius 3 is 2.58 bits per heavy atom. The first-order valence-electron chi connectivity index (χ1n) is 8.08. The van der Waals surface area contributed by atoms with Crippen LogP contribution in [0, 0.1) is 17.8 Å². The van der Waals surface area contributed by atoms with Crippen LogP contribution in [0.5, 0.6) is 0 Å². The van der Waals surface area contributed by atoms with Gasteiger partial charge in [-0.05, 0) is 49.9 Å². The van der Waals surface area contributed by atoms with Crippen molar-refractivity contribution < 1.29 is 9.90 Å². The van der Waals surface area contributed by atoms with Crippen molar-refractivity contribution in [3.8, 4) is 0 Å². The molecule has 2 fully saturated rings. The summed E-state index contributed by atoms with van der Waals surface area (Å²) in [4.78, 5) is 12.0. The summed E-state index contributed by atoms with van der Waals surface area (Å²) < 4.78 is 0. The molecule has 2 saturated carbocycles. The second-order valence-electron chi connectivity index (χ2n) is 6.83. The summed E-state index contributed by atoms with van der Waals surface area (Å²) in [7, 11) is 0. The summed E-state index contributed by atoms with van der Waals surface area (Å²) in [5, 5.41) is 12.7. The zero-order valence-corrected chi connectivity index (χ0v) is 12.2. The molecule has 0 saturated heterocycles. The molecule has 3 nitrogen and oxygen atoms in total. The Morgan fingerprint density at radius 1 is 1.11 bits per heavy atom. The zero-order valence-electron chi connectivity index (χ0n) is 12.2. The highest BCUT2D eigenvalue weighted by molar-refractivity contribution is 5.76. The van der Waals surface area contributed by atoms with Gasteiger partial charge in [0, 0.05) is 13.0 Å². The average Bonchev–Trinajstić information content (AvgIpc) is 2.36. The van der Waals surface area contributed by atoms with Crippen molar-refractivity contribution in [1.29, 1.82) is 0 Å². The van der Waals surface area contributed by atoms with Gasteiger partial charge in [-0.25, -0.2) is 0 Å². The van der Waals surface area contributed by atoms with Crippen molar-refractivity contribution in [1.82, 2.24) is 5.32 Å². The molecular formula is C16H29NO2. The number of nitrogens with one attached hydrogen (secondary N) is 1. The first-order valence-corrected chi connectivity index (χ1v) is 8.08. The molecular weight excluding hydrogens is 238 g/mol. The van der Waals surface area contributed by atoms with Crippen LogP contribution in [0.25, 0.3) is 0 Å². The smallest absolute Gasteiger partial charge is 0.220 e. The van der Waals surface area contributed by atoms with Gasteiger partial charge in [0.25, 0.3) is 0 Å². The fourth-order valence-corrected chi connectivity index (χ4v) is 3.79. The van der Waals surface area contributed by atoms with Crippen molar-refractivity contribution in [2.45, 2.75) is 70.8 Å². The van der Waals surface area contributed by atoms with Crippen LogP contribution in [0.1, 0.15) is 64.7 Å². The van der Waals surface area contributed by atoms with Crippen molar-refractivity contribution in [3.63, 3.8) is 0 Å². The van der Waals surface area contributed by atoms with Gasteiger partial charge < -0.3 is 10.4 Å². The van der Waals surface area contributed by atoms with E-state index in [0.29, 0.717) is 18.3 Å². The number of carbonyl (C=O) groups excluding carboxylic acids is 1. The lowest BCUT2D eigenvalue weighted by molar-refractivity contribution is -0.122. The quantitative estimate of drug-likeness (QED) is 0.823. The van der Waals surface area contributed by atoms with E-state index in [-0.39, 0.29) is 12.0 Å². The van der Waals surface area contributed by atoms with Crippen molar-refractivity contribution in [3.05, 3.63) is 0 Å². The molecule has 4 atom stereocenters. The van der Waals surface area contributed by atoms with E-state index in [0.717, 1.165) is 38.1 Å². The second kappa shape index (κ2) is 7.28. The standard InChI is InChI=1S/C16H29NO2/c1-12-4-2-5-13(8-12)10-16(19)17-11-14-6-3-7-15(18)9-14/h12-15,18H,2-11H2,1H3,(H,17,19). The lowest BCUT2D eigenvalue weighted by Gasteiger charge is -2.28. The monoisotopic (exact) mass is 267 g/mol. The van der Waals surface area contributed by atoms with Crippen LogP contribution in [0.3, 0.4) is 0 Å². The van der Waals surface area contributed by atoms with E-state index < -0.39 is 0 Å². The highest BCUT2D eigenvalue weighted by atomic mass is 16.3. The van der Waals surface area contributed by atoms with E-state index in [4.69, 9.17) is 0 Å². The van der Waals surface area contributed by atoms with Gasteiger partial charge >= 0.3 is 0 Å². The van der Waals surface area contributed by atoms with Crippen LogP contribution in [-0.2, 0) is 4.79 Å². The van der Waals surface area contributed by atoms with E-state index >= 15 is 0 Å². The maximum atomic E-state index is 12.0. The molecule has 110 valence electrons. The maximum absolute atomic E-state index is 12.0. The van der Waals surface area contributed by atoms with E-state index in [1.54, 1.807) is 0 Å². The third-order valence-electron chi connectivity index (χ3n) is 4.86. The van der Waals surface area contributed by atoms with Gasteiger partial charge in [0.2, 0.25) is 5.91 Å². The molecule has 0 spiro atoms. The van der Waals surface area contributed by atoms with Crippen molar-refractivity contribution in [2.24, 2.45) is 17.8 Å². The number of hydrogen-bond acceptors (Lipinski definition) is 2. The molecule has 1 amide bonds. The van der Waals surface area contributed by atoms with Crippen molar-refractivity contribution >= 4 is 5.91 Å². The fourth-order valence-electron chi connectivity index (χ4n) is 3.79. The highest BCUT2D eigenvalue weighted by Crippen LogP contribution is 2.30. The molecule has 0 aromatic carbocycles. The number of rotatable bonds is 4. The third kappa shape index (κ3) is 5.13. The molecule has 2 aliphatic rings. The zero-order chi connectivity index (χ0) is 13.7. The topological polar surface area (TPSA) is 49.3 Å². The van der Waals surface area contributed by atoms with E-state index in [1.165, 1.54) is 25.7 Å². The Morgan fingerprint density at radius 2 is 1.84 bits per heavy atom. The maximum Gasteiger partial charge on any atom is 0.220 e. The summed E-state index contributed by atoms with van der Waals surface area (Å²) in [6.07, 6.45) is 9.67. The number of hydrogen-bond donors (Lipinski definition) is 2. The lowest BCUT2D eigenvalue weighted by Crippen LogP contribution is -2.34. The third-order valence-corrected chi connectivity index (χ3v) is 4.86. The van der Waals surface area contributed by atoms with Crippen molar-refractivity contribution in [2.75, 3.05) is 6.54 Å². The number of carbonyl (C=O) groups is 1. The van der Waals surface area contributed by atoms with Gasteiger partial charge in [-0.3, -0.25) is 4.79 Å². The van der Waals surface area contributed by atoms with Gasteiger partial charge in [0.1, 0.15) is 0 Å². The molecule has 0 heterocycles.